The molecule has 0 bridgehead atoms. The zero-order valence-corrected chi connectivity index (χ0v) is 17.7. The predicted molar refractivity (Wildman–Crippen MR) is 101 cm³/mol. The molecule has 3 rings (SSSR count). The summed E-state index contributed by atoms with van der Waals surface area (Å²) in [7, 11) is 0. The third-order valence-corrected chi connectivity index (χ3v) is 6.09. The van der Waals surface area contributed by atoms with Gasteiger partial charge in [0, 0.05) is 0 Å². The van der Waals surface area contributed by atoms with Crippen molar-refractivity contribution in [1.29, 1.82) is 0 Å². The lowest BCUT2D eigenvalue weighted by Gasteiger charge is -2.47. The van der Waals surface area contributed by atoms with Gasteiger partial charge in [-0.3, -0.25) is 0 Å². The Morgan fingerprint density at radius 1 is 0.441 bits per heavy atom. The van der Waals surface area contributed by atoms with Crippen LogP contribution in [0.5, 0.6) is 0 Å². The van der Waals surface area contributed by atoms with Crippen LogP contribution in [0, 0.1) is 0 Å². The maximum Gasteiger partial charge on any atom is 0.187 e. The van der Waals surface area contributed by atoms with Crippen molar-refractivity contribution in [3.05, 3.63) is 0 Å². The first-order chi connectivity index (χ1) is 16.0. The predicted octanol–water partition coefficient (Wildman–Crippen LogP) is -7.57. The second-order valence-corrected chi connectivity index (χ2v) is 8.33. The van der Waals surface area contributed by atoms with Crippen molar-refractivity contribution in [3.8, 4) is 0 Å². The lowest BCUT2D eigenvalue weighted by atomic mass is 9.96. The summed E-state index contributed by atoms with van der Waals surface area (Å²) in [5.74, 6) is 0. The Morgan fingerprint density at radius 3 is 1.35 bits per heavy atom. The number of rotatable bonds is 7. The highest BCUT2D eigenvalue weighted by molar-refractivity contribution is 4.96. The zero-order chi connectivity index (χ0) is 25.3. The van der Waals surface area contributed by atoms with E-state index >= 15 is 0 Å². The lowest BCUT2D eigenvalue weighted by Crippen LogP contribution is -2.66. The van der Waals surface area contributed by atoms with Gasteiger partial charge in [-0.2, -0.15) is 0 Å². The monoisotopic (exact) mass is 504 g/mol. The normalized spacial score (nSPS) is 52.5. The summed E-state index contributed by atoms with van der Waals surface area (Å²) in [5, 5.41) is 109. The van der Waals surface area contributed by atoms with E-state index in [1.165, 1.54) is 0 Å². The summed E-state index contributed by atoms with van der Waals surface area (Å²) in [4.78, 5) is 0. The fraction of sp³-hybridized carbons (Fsp3) is 1.00. The van der Waals surface area contributed by atoms with Crippen molar-refractivity contribution < 1.29 is 79.9 Å². The van der Waals surface area contributed by atoms with E-state index in [9.17, 15) is 56.2 Å². The Morgan fingerprint density at radius 2 is 0.853 bits per heavy atom. The number of hydrogen-bond acceptors (Lipinski definition) is 16. The summed E-state index contributed by atoms with van der Waals surface area (Å²) >= 11 is 0. The third kappa shape index (κ3) is 5.37. The number of ether oxygens (including phenoxy) is 5. The Balaban J connectivity index is 1.72. The molecule has 11 N–H and O–H groups in total. The molecule has 3 aliphatic rings. The molecule has 16 heteroatoms. The summed E-state index contributed by atoms with van der Waals surface area (Å²) in [5.41, 5.74) is 0. The molecule has 16 nitrogen and oxygen atoms in total. The number of aliphatic hydroxyl groups is 11. The van der Waals surface area contributed by atoms with Gasteiger partial charge in [-0.1, -0.05) is 0 Å². The van der Waals surface area contributed by atoms with Crippen molar-refractivity contribution in [3.63, 3.8) is 0 Å². The minimum absolute atomic E-state index is 0.741. The first kappa shape index (κ1) is 27.9. The van der Waals surface area contributed by atoms with Crippen LogP contribution in [0.3, 0.4) is 0 Å². The van der Waals surface area contributed by atoms with E-state index in [1.807, 2.05) is 0 Å². The number of hydrogen-bond donors (Lipinski definition) is 11. The summed E-state index contributed by atoms with van der Waals surface area (Å²) < 4.78 is 26.4. The van der Waals surface area contributed by atoms with Gasteiger partial charge in [0.15, 0.2) is 18.9 Å². The second kappa shape index (κ2) is 11.6. The minimum Gasteiger partial charge on any atom is -0.394 e. The van der Waals surface area contributed by atoms with Gasteiger partial charge in [0.25, 0.3) is 0 Å². The molecule has 15 atom stereocenters. The minimum atomic E-state index is -1.91. The van der Waals surface area contributed by atoms with Crippen LogP contribution in [0.15, 0.2) is 0 Å². The van der Waals surface area contributed by atoms with Gasteiger partial charge in [0.1, 0.15) is 73.2 Å². The Bertz CT molecular complexity index is 635. The lowest BCUT2D eigenvalue weighted by molar-refractivity contribution is -0.377. The maximum atomic E-state index is 10.6. The van der Waals surface area contributed by atoms with E-state index < -0.39 is 112 Å². The van der Waals surface area contributed by atoms with Crippen molar-refractivity contribution in [2.24, 2.45) is 0 Å². The summed E-state index contributed by atoms with van der Waals surface area (Å²) in [6, 6.07) is 0. The van der Waals surface area contributed by atoms with Crippen LogP contribution in [0.4, 0.5) is 0 Å². The first-order valence-corrected chi connectivity index (χ1v) is 10.6. The van der Waals surface area contributed by atoms with Crippen molar-refractivity contribution in [1.82, 2.24) is 0 Å². The van der Waals surface area contributed by atoms with Crippen LogP contribution in [0.25, 0.3) is 0 Å². The number of aliphatic hydroxyl groups excluding tert-OH is 11. The molecule has 0 aromatic carbocycles. The van der Waals surface area contributed by atoms with Crippen LogP contribution < -0.4 is 0 Å². The van der Waals surface area contributed by atoms with Gasteiger partial charge < -0.3 is 79.9 Å². The van der Waals surface area contributed by atoms with Gasteiger partial charge in [0.05, 0.1) is 19.8 Å². The van der Waals surface area contributed by atoms with Crippen LogP contribution >= 0.6 is 0 Å². The van der Waals surface area contributed by atoms with Crippen molar-refractivity contribution >= 4 is 0 Å². The Labute approximate surface area is 192 Å². The van der Waals surface area contributed by atoms with E-state index in [0.717, 1.165) is 0 Å². The van der Waals surface area contributed by atoms with Crippen LogP contribution in [-0.2, 0) is 23.7 Å². The molecule has 34 heavy (non-hydrogen) atoms. The van der Waals surface area contributed by atoms with E-state index in [-0.39, 0.29) is 0 Å². The van der Waals surface area contributed by atoms with E-state index in [1.54, 1.807) is 0 Å². The van der Waals surface area contributed by atoms with Crippen molar-refractivity contribution in [2.75, 3.05) is 19.8 Å². The molecule has 200 valence electrons. The molecule has 0 spiro atoms. The highest BCUT2D eigenvalue weighted by Crippen LogP contribution is 2.32. The van der Waals surface area contributed by atoms with E-state index in [0.29, 0.717) is 0 Å². The van der Waals surface area contributed by atoms with Gasteiger partial charge >= 0.3 is 0 Å². The fourth-order valence-corrected chi connectivity index (χ4v) is 4.06. The fourth-order valence-electron chi connectivity index (χ4n) is 4.06. The van der Waals surface area contributed by atoms with Gasteiger partial charge in [-0.15, -0.1) is 0 Å². The standard InChI is InChI=1S/C18H32O16/c19-1-4-7(22)8(23)12(27)17(31-4)34-15-6(3-21)32-18(13(28)10(15)25)33-14-5(2-20)30-16(29)11(26)9(14)24/h4-29H,1-3H2/t4?,5?,6?,7-,8-,9+,10+,11?,12?,13?,14-,15-,16+,17-,18-/m1/s1. The van der Waals surface area contributed by atoms with E-state index in [4.69, 9.17) is 23.7 Å². The molecule has 3 saturated heterocycles. The zero-order valence-electron chi connectivity index (χ0n) is 17.7. The molecule has 0 saturated carbocycles. The smallest absolute Gasteiger partial charge is 0.187 e. The molecule has 6 unspecified atom stereocenters. The SMILES string of the molecule is OCC1O[C@H](O[C@@H]2C(CO)O[C@H](O[C@@H]3C(CO)O[C@H](O)C(O)[C@@H]3O)C(O)[C@@H]2O)C(O)[C@H](O)[C@@H]1O. The third-order valence-electron chi connectivity index (χ3n) is 6.09. The Hall–Kier alpha value is -0.640. The van der Waals surface area contributed by atoms with Crippen molar-refractivity contribution in [2.45, 2.75) is 92.1 Å². The molecule has 3 aliphatic heterocycles. The molecule has 0 aromatic heterocycles. The second-order valence-electron chi connectivity index (χ2n) is 8.33. The maximum absolute atomic E-state index is 10.6. The molecule has 0 aromatic rings. The van der Waals surface area contributed by atoms with Crippen LogP contribution in [-0.4, -0.2) is 168 Å². The van der Waals surface area contributed by atoms with Gasteiger partial charge in [0.2, 0.25) is 0 Å². The molecule has 0 radical (unpaired) electrons. The quantitative estimate of drug-likeness (QED) is 0.154. The van der Waals surface area contributed by atoms with Gasteiger partial charge in [-0.05, 0) is 0 Å². The topological polar surface area (TPSA) is 269 Å². The molecular weight excluding hydrogens is 472 g/mol. The van der Waals surface area contributed by atoms with Gasteiger partial charge in [-0.25, -0.2) is 0 Å². The van der Waals surface area contributed by atoms with Crippen LogP contribution in [0.2, 0.25) is 0 Å². The highest BCUT2D eigenvalue weighted by atomic mass is 16.8. The largest absolute Gasteiger partial charge is 0.394 e. The molecule has 3 heterocycles. The van der Waals surface area contributed by atoms with Crippen LogP contribution in [0.1, 0.15) is 0 Å². The molecule has 0 amide bonds. The van der Waals surface area contributed by atoms with E-state index in [2.05, 4.69) is 0 Å². The average Bonchev–Trinajstić information content (AvgIpc) is 2.83. The average molecular weight is 504 g/mol. The summed E-state index contributed by atoms with van der Waals surface area (Å²) in [6.07, 6.45) is -25.1. The highest BCUT2D eigenvalue weighted by Gasteiger charge is 2.53. The molecule has 3 fully saturated rings. The molecule has 0 aliphatic carbocycles. The molecular formula is C18H32O16. The summed E-state index contributed by atoms with van der Waals surface area (Å²) in [6.45, 7) is -2.32. The first-order valence-electron chi connectivity index (χ1n) is 10.6. The Kier molecular flexibility index (Phi) is 9.54.